The van der Waals surface area contributed by atoms with Gasteiger partial charge in [-0.3, -0.25) is 14.9 Å². The number of nitro benzene ring substituents is 1. The molecular formula is C22H23N5O3S. The maximum Gasteiger partial charge on any atom is 0.269 e. The van der Waals surface area contributed by atoms with Gasteiger partial charge in [-0.15, -0.1) is 0 Å². The Hall–Kier alpha value is -3.12. The van der Waals surface area contributed by atoms with E-state index in [9.17, 15) is 20.2 Å². The molecule has 0 unspecified atom stereocenters. The summed E-state index contributed by atoms with van der Waals surface area (Å²) in [7, 11) is 0. The Labute approximate surface area is 185 Å². The van der Waals surface area contributed by atoms with E-state index in [2.05, 4.69) is 16.0 Å². The average molecular weight is 438 g/mol. The lowest BCUT2D eigenvalue weighted by Gasteiger charge is -2.36. The zero-order valence-corrected chi connectivity index (χ0v) is 17.9. The molecule has 0 radical (unpaired) electrons. The van der Waals surface area contributed by atoms with Gasteiger partial charge in [-0.1, -0.05) is 11.8 Å². The second kappa shape index (κ2) is 9.35. The van der Waals surface area contributed by atoms with E-state index in [0.717, 1.165) is 37.1 Å². The lowest BCUT2D eigenvalue weighted by Crippen LogP contribution is -2.49. The van der Waals surface area contributed by atoms with Gasteiger partial charge in [0.15, 0.2) is 0 Å². The number of rotatable bonds is 5. The number of hydrogen-bond donors (Lipinski definition) is 0. The Morgan fingerprint density at radius 3 is 2.55 bits per heavy atom. The van der Waals surface area contributed by atoms with E-state index in [4.69, 9.17) is 0 Å². The molecule has 4 rings (SSSR count). The van der Waals surface area contributed by atoms with Crippen LogP contribution in [-0.2, 0) is 17.6 Å². The number of aryl methyl sites for hydroxylation is 2. The highest BCUT2D eigenvalue weighted by Crippen LogP contribution is 2.28. The van der Waals surface area contributed by atoms with Gasteiger partial charge in [0.25, 0.3) is 5.69 Å². The van der Waals surface area contributed by atoms with Gasteiger partial charge < -0.3 is 9.80 Å². The summed E-state index contributed by atoms with van der Waals surface area (Å²) in [4.78, 5) is 31.8. The van der Waals surface area contributed by atoms with Gasteiger partial charge in [-0.05, 0) is 49.4 Å². The van der Waals surface area contributed by atoms with Crippen molar-refractivity contribution in [2.45, 2.75) is 30.7 Å². The Bertz CT molecular complexity index is 1030. The smallest absolute Gasteiger partial charge is 0.269 e. The molecule has 1 saturated heterocycles. The summed E-state index contributed by atoms with van der Waals surface area (Å²) in [5.74, 6) is 0.301. The van der Waals surface area contributed by atoms with Crippen molar-refractivity contribution in [3.8, 4) is 6.07 Å². The summed E-state index contributed by atoms with van der Waals surface area (Å²) in [6.07, 6.45) is 4.16. The predicted octanol–water partition coefficient (Wildman–Crippen LogP) is 3.18. The van der Waals surface area contributed by atoms with E-state index < -0.39 is 4.92 Å². The van der Waals surface area contributed by atoms with Crippen molar-refractivity contribution in [3.05, 3.63) is 57.3 Å². The lowest BCUT2D eigenvalue weighted by molar-refractivity contribution is -0.384. The van der Waals surface area contributed by atoms with Gasteiger partial charge in [-0.25, -0.2) is 4.98 Å². The number of non-ortho nitro benzene ring substituents is 1. The van der Waals surface area contributed by atoms with Crippen LogP contribution < -0.4 is 4.90 Å². The van der Waals surface area contributed by atoms with Gasteiger partial charge in [0, 0.05) is 49.7 Å². The van der Waals surface area contributed by atoms with Crippen LogP contribution in [0.1, 0.15) is 29.7 Å². The fraction of sp³-hybridized carbons (Fsp3) is 0.409. The van der Waals surface area contributed by atoms with Crippen molar-refractivity contribution in [1.29, 1.82) is 5.26 Å². The Morgan fingerprint density at radius 2 is 1.87 bits per heavy atom. The number of thioether (sulfide) groups is 1. The minimum atomic E-state index is -0.410. The molecule has 2 aliphatic rings. The van der Waals surface area contributed by atoms with Crippen LogP contribution in [0.3, 0.4) is 0 Å². The molecule has 1 amide bonds. The van der Waals surface area contributed by atoms with Crippen LogP contribution in [0.2, 0.25) is 0 Å². The van der Waals surface area contributed by atoms with Crippen molar-refractivity contribution in [2.24, 2.45) is 0 Å². The fourth-order valence-corrected chi connectivity index (χ4v) is 4.90. The molecule has 9 heteroatoms. The molecule has 31 heavy (non-hydrogen) atoms. The highest BCUT2D eigenvalue weighted by molar-refractivity contribution is 8.00. The molecule has 160 valence electrons. The van der Waals surface area contributed by atoms with Gasteiger partial charge in [0.2, 0.25) is 5.91 Å². The van der Waals surface area contributed by atoms with Gasteiger partial charge in [0.1, 0.15) is 11.1 Å². The number of nitriles is 1. The second-order valence-corrected chi connectivity index (χ2v) is 8.66. The molecule has 0 atom stereocenters. The number of carbonyl (C=O) groups excluding carboxylic acids is 1. The topological polar surface area (TPSA) is 103 Å². The SMILES string of the molecule is N#Cc1cc2c(nc1SCC(=O)N1CCN(c3ccc([N+](=O)[O-])cc3)CC1)CCCC2. The standard InChI is InChI=1S/C22H23N5O3S/c23-14-17-13-16-3-1-2-4-20(16)24-22(17)31-15-21(28)26-11-9-25(10-12-26)18-5-7-19(8-6-18)27(29)30/h5-8,13H,1-4,9-12,15H2. The minimum Gasteiger partial charge on any atom is -0.368 e. The normalized spacial score (nSPS) is 15.8. The minimum absolute atomic E-state index is 0.0387. The number of pyridine rings is 1. The van der Waals surface area contributed by atoms with Crippen molar-refractivity contribution >= 4 is 29.0 Å². The molecule has 2 heterocycles. The summed E-state index contributed by atoms with van der Waals surface area (Å²) in [5.41, 5.74) is 3.78. The van der Waals surface area contributed by atoms with E-state index in [1.54, 1.807) is 12.1 Å². The molecule has 0 saturated carbocycles. The molecule has 1 aromatic carbocycles. The van der Waals surface area contributed by atoms with Crippen LogP contribution in [0.25, 0.3) is 0 Å². The third kappa shape index (κ3) is 4.80. The molecule has 8 nitrogen and oxygen atoms in total. The van der Waals surface area contributed by atoms with Crippen LogP contribution in [0.5, 0.6) is 0 Å². The number of amides is 1. The number of hydrogen-bond acceptors (Lipinski definition) is 7. The van der Waals surface area contributed by atoms with Crippen LogP contribution in [0.4, 0.5) is 11.4 Å². The lowest BCUT2D eigenvalue weighted by atomic mass is 9.95. The van der Waals surface area contributed by atoms with Crippen molar-refractivity contribution in [2.75, 3.05) is 36.8 Å². The first kappa shape index (κ1) is 21.1. The Balaban J connectivity index is 1.32. The molecule has 0 N–H and O–H groups in total. The average Bonchev–Trinajstić information content (AvgIpc) is 2.82. The van der Waals surface area contributed by atoms with Gasteiger partial charge in [0.05, 0.1) is 16.2 Å². The highest BCUT2D eigenvalue weighted by Gasteiger charge is 2.23. The third-order valence-corrected chi connectivity index (χ3v) is 6.75. The first-order chi connectivity index (χ1) is 15.0. The number of carbonyl (C=O) groups is 1. The van der Waals surface area contributed by atoms with Crippen LogP contribution in [0, 0.1) is 21.4 Å². The quantitative estimate of drug-likeness (QED) is 0.402. The van der Waals surface area contributed by atoms with E-state index in [0.29, 0.717) is 36.8 Å². The number of benzene rings is 1. The maximum atomic E-state index is 12.7. The molecule has 1 aliphatic heterocycles. The second-order valence-electron chi connectivity index (χ2n) is 7.70. The van der Waals surface area contributed by atoms with Crippen LogP contribution >= 0.6 is 11.8 Å². The molecule has 0 spiro atoms. The van der Waals surface area contributed by atoms with Crippen LogP contribution in [-0.4, -0.2) is 52.6 Å². The Kier molecular flexibility index (Phi) is 6.37. The predicted molar refractivity (Wildman–Crippen MR) is 118 cm³/mol. The maximum absolute atomic E-state index is 12.7. The van der Waals surface area contributed by atoms with Crippen molar-refractivity contribution < 1.29 is 9.72 Å². The van der Waals surface area contributed by atoms with E-state index in [1.807, 2.05) is 11.0 Å². The summed E-state index contributed by atoms with van der Waals surface area (Å²) < 4.78 is 0. The molecule has 1 fully saturated rings. The number of piperazine rings is 1. The molecule has 1 aromatic heterocycles. The van der Waals surface area contributed by atoms with E-state index >= 15 is 0 Å². The fourth-order valence-electron chi connectivity index (χ4n) is 4.03. The highest BCUT2D eigenvalue weighted by atomic mass is 32.2. The number of nitrogens with zero attached hydrogens (tertiary/aromatic N) is 5. The number of aromatic nitrogens is 1. The molecule has 2 aromatic rings. The van der Waals surface area contributed by atoms with Crippen molar-refractivity contribution in [1.82, 2.24) is 9.88 Å². The first-order valence-corrected chi connectivity index (χ1v) is 11.4. The molecule has 1 aliphatic carbocycles. The van der Waals surface area contributed by atoms with Crippen LogP contribution in [0.15, 0.2) is 35.4 Å². The third-order valence-electron chi connectivity index (χ3n) is 5.78. The zero-order chi connectivity index (χ0) is 21.8. The van der Waals surface area contributed by atoms with Crippen molar-refractivity contribution in [3.63, 3.8) is 0 Å². The van der Waals surface area contributed by atoms with Gasteiger partial charge >= 0.3 is 0 Å². The number of nitro groups is 1. The summed E-state index contributed by atoms with van der Waals surface area (Å²) in [6, 6.07) is 10.7. The largest absolute Gasteiger partial charge is 0.368 e. The monoisotopic (exact) mass is 437 g/mol. The summed E-state index contributed by atoms with van der Waals surface area (Å²) in [6.45, 7) is 2.54. The Morgan fingerprint density at radius 1 is 1.16 bits per heavy atom. The summed E-state index contributed by atoms with van der Waals surface area (Å²) in [5, 5.41) is 20.9. The number of fused-ring (bicyclic) bond motifs is 1. The van der Waals surface area contributed by atoms with E-state index in [-0.39, 0.29) is 17.3 Å². The van der Waals surface area contributed by atoms with Gasteiger partial charge in [-0.2, -0.15) is 5.26 Å². The van der Waals surface area contributed by atoms with E-state index in [1.165, 1.54) is 29.5 Å². The molecule has 0 bridgehead atoms. The summed E-state index contributed by atoms with van der Waals surface area (Å²) >= 11 is 1.35. The molecular weight excluding hydrogens is 414 g/mol. The first-order valence-electron chi connectivity index (χ1n) is 10.4. The zero-order valence-electron chi connectivity index (χ0n) is 17.1. The number of anilines is 1.